The molecule has 7 heteroatoms. The van der Waals surface area contributed by atoms with Gasteiger partial charge in [0.2, 0.25) is 5.91 Å². The quantitative estimate of drug-likeness (QED) is 0.612. The highest BCUT2D eigenvalue weighted by atomic mass is 16.5. The Morgan fingerprint density at radius 3 is 2.88 bits per heavy atom. The number of esters is 1. The second kappa shape index (κ2) is 8.19. The van der Waals surface area contributed by atoms with Crippen LogP contribution < -0.4 is 9.97 Å². The summed E-state index contributed by atoms with van der Waals surface area (Å²) in [5.41, 5.74) is 1.06. The van der Waals surface area contributed by atoms with Gasteiger partial charge in [-0.2, -0.15) is 0 Å². The molecule has 0 saturated heterocycles. The van der Waals surface area contributed by atoms with Crippen molar-refractivity contribution in [3.8, 4) is 5.75 Å². The molecule has 0 spiro atoms. The van der Waals surface area contributed by atoms with Crippen molar-refractivity contribution in [2.45, 2.75) is 46.0 Å². The molecule has 0 radical (unpaired) electrons. The van der Waals surface area contributed by atoms with Gasteiger partial charge in [0, 0.05) is 6.42 Å². The Morgan fingerprint density at radius 1 is 1.46 bits per heavy atom. The fourth-order valence-corrected chi connectivity index (χ4v) is 2.53. The van der Waals surface area contributed by atoms with Crippen LogP contribution in [-0.4, -0.2) is 36.6 Å². The molecule has 0 bridgehead atoms. The highest BCUT2D eigenvalue weighted by Crippen LogP contribution is 2.30. The molecule has 0 aliphatic carbocycles. The first-order valence-electron chi connectivity index (χ1n) is 8.35. The number of ether oxygens (including phenoxy) is 1. The largest absolute Gasteiger partial charge is 0.547 e. The first-order valence-corrected chi connectivity index (χ1v) is 8.35. The Labute approximate surface area is 142 Å². The smallest absolute Gasteiger partial charge is 0.534 e. The van der Waals surface area contributed by atoms with E-state index in [9.17, 15) is 14.6 Å². The van der Waals surface area contributed by atoms with Gasteiger partial charge in [-0.3, -0.25) is 4.79 Å². The number of para-hydroxylation sites is 1. The van der Waals surface area contributed by atoms with Gasteiger partial charge in [0.15, 0.2) is 0 Å². The minimum absolute atomic E-state index is 0.124. The molecule has 0 saturated carbocycles. The van der Waals surface area contributed by atoms with Gasteiger partial charge in [-0.1, -0.05) is 32.9 Å². The number of fused-ring (bicyclic) bond motifs is 1. The first-order chi connectivity index (χ1) is 11.4. The molecule has 24 heavy (non-hydrogen) atoms. The number of hydrogen-bond donors (Lipinski definition) is 2. The molecule has 0 fully saturated rings. The molecule has 1 aromatic carbocycles. The number of carbonyl (C=O) groups excluding carboxylic acids is 2. The highest BCUT2D eigenvalue weighted by Gasteiger charge is 2.37. The molecular formula is C17H24BNO5. The maximum Gasteiger partial charge on any atom is 0.547 e. The van der Waals surface area contributed by atoms with Crippen molar-refractivity contribution >= 4 is 19.0 Å². The standard InChI is InChI=1S/C17H24BNO5/c1-4-6-15(20)19-14-9-12-7-5-8-13(16(12)24-18(14)22)17(21)23-10-11(2)3/h5,7-8,11,14,22H,4,6,9-10H2,1-3H3,(H,19,20)/t14-/m0/s1. The van der Waals surface area contributed by atoms with Crippen molar-refractivity contribution in [3.63, 3.8) is 0 Å². The fourth-order valence-electron chi connectivity index (χ4n) is 2.53. The van der Waals surface area contributed by atoms with E-state index in [4.69, 9.17) is 9.39 Å². The van der Waals surface area contributed by atoms with Crippen molar-refractivity contribution in [2.75, 3.05) is 6.61 Å². The van der Waals surface area contributed by atoms with Crippen LogP contribution in [0.5, 0.6) is 5.75 Å². The molecule has 1 aliphatic rings. The second-order valence-corrected chi connectivity index (χ2v) is 6.42. The van der Waals surface area contributed by atoms with Crippen molar-refractivity contribution in [1.82, 2.24) is 5.32 Å². The predicted molar refractivity (Wildman–Crippen MR) is 90.7 cm³/mol. The summed E-state index contributed by atoms with van der Waals surface area (Å²) in [6.07, 6.45) is 1.53. The van der Waals surface area contributed by atoms with Crippen molar-refractivity contribution in [2.24, 2.45) is 5.92 Å². The van der Waals surface area contributed by atoms with Gasteiger partial charge in [0.25, 0.3) is 0 Å². The number of hydrogen-bond acceptors (Lipinski definition) is 5. The molecular weight excluding hydrogens is 309 g/mol. The average Bonchev–Trinajstić information content (AvgIpc) is 2.53. The summed E-state index contributed by atoms with van der Waals surface area (Å²) in [5, 5.41) is 12.9. The maximum absolute atomic E-state index is 12.2. The predicted octanol–water partition coefficient (Wildman–Crippen LogP) is 1.74. The zero-order chi connectivity index (χ0) is 17.7. The van der Waals surface area contributed by atoms with Crippen LogP contribution in [0.4, 0.5) is 0 Å². The molecule has 0 aromatic heterocycles. The average molecular weight is 333 g/mol. The molecule has 0 unspecified atom stereocenters. The van der Waals surface area contributed by atoms with E-state index in [1.807, 2.05) is 26.8 Å². The number of rotatable bonds is 6. The van der Waals surface area contributed by atoms with Gasteiger partial charge >= 0.3 is 13.1 Å². The van der Waals surface area contributed by atoms with E-state index < -0.39 is 19.0 Å². The number of benzene rings is 1. The topological polar surface area (TPSA) is 84.9 Å². The van der Waals surface area contributed by atoms with Crippen LogP contribution in [0.1, 0.15) is 49.5 Å². The van der Waals surface area contributed by atoms with Gasteiger partial charge < -0.3 is 19.7 Å². The van der Waals surface area contributed by atoms with E-state index in [1.54, 1.807) is 12.1 Å². The zero-order valence-corrected chi connectivity index (χ0v) is 14.4. The molecule has 130 valence electrons. The van der Waals surface area contributed by atoms with E-state index >= 15 is 0 Å². The van der Waals surface area contributed by atoms with Crippen LogP contribution in [0.2, 0.25) is 0 Å². The molecule has 1 aromatic rings. The maximum atomic E-state index is 12.2. The Morgan fingerprint density at radius 2 is 2.21 bits per heavy atom. The normalized spacial score (nSPS) is 16.4. The first kappa shape index (κ1) is 18.3. The number of amides is 1. The van der Waals surface area contributed by atoms with Crippen molar-refractivity contribution in [1.29, 1.82) is 0 Å². The molecule has 1 aliphatic heterocycles. The van der Waals surface area contributed by atoms with Gasteiger partial charge in [-0.15, -0.1) is 0 Å². The Hall–Kier alpha value is -2.02. The summed E-state index contributed by atoms with van der Waals surface area (Å²) in [5.74, 6) is -0.557. The third-order valence-corrected chi connectivity index (χ3v) is 3.71. The van der Waals surface area contributed by atoms with Gasteiger partial charge in [0.05, 0.1) is 12.5 Å². The third kappa shape index (κ3) is 4.51. The minimum atomic E-state index is -1.20. The summed E-state index contributed by atoms with van der Waals surface area (Å²) in [6, 6.07) is 5.18. The molecule has 6 nitrogen and oxygen atoms in total. The van der Waals surface area contributed by atoms with E-state index in [0.29, 0.717) is 30.8 Å². The Bertz CT molecular complexity index is 605. The molecule has 2 rings (SSSR count). The van der Waals surface area contributed by atoms with Crippen LogP contribution in [0.3, 0.4) is 0 Å². The fraction of sp³-hybridized carbons (Fsp3) is 0.529. The lowest BCUT2D eigenvalue weighted by Gasteiger charge is -2.29. The lowest BCUT2D eigenvalue weighted by Crippen LogP contribution is -2.53. The van der Waals surface area contributed by atoms with Crippen LogP contribution >= 0.6 is 0 Å². The number of carbonyl (C=O) groups is 2. The summed E-state index contributed by atoms with van der Waals surface area (Å²) in [7, 11) is -1.20. The van der Waals surface area contributed by atoms with Crippen LogP contribution in [0.25, 0.3) is 0 Å². The van der Waals surface area contributed by atoms with Gasteiger partial charge in [-0.05, 0) is 30.4 Å². The molecule has 1 atom stereocenters. The van der Waals surface area contributed by atoms with E-state index in [-0.39, 0.29) is 11.8 Å². The molecule has 1 amide bonds. The van der Waals surface area contributed by atoms with Gasteiger partial charge in [0.1, 0.15) is 11.3 Å². The monoisotopic (exact) mass is 333 g/mol. The summed E-state index contributed by atoms with van der Waals surface area (Å²) >= 11 is 0. The lowest BCUT2D eigenvalue weighted by molar-refractivity contribution is -0.121. The lowest BCUT2D eigenvalue weighted by atomic mass is 9.72. The van der Waals surface area contributed by atoms with Gasteiger partial charge in [-0.25, -0.2) is 4.79 Å². The van der Waals surface area contributed by atoms with Crippen LogP contribution in [0, 0.1) is 5.92 Å². The minimum Gasteiger partial charge on any atom is -0.534 e. The Balaban J connectivity index is 2.14. The third-order valence-electron chi connectivity index (χ3n) is 3.71. The Kier molecular flexibility index (Phi) is 6.26. The SMILES string of the molecule is CCCC(=O)N[C@H]1Cc2cccc(C(=O)OCC(C)C)c2OB1O. The second-order valence-electron chi connectivity index (χ2n) is 6.42. The van der Waals surface area contributed by atoms with E-state index in [2.05, 4.69) is 5.32 Å². The van der Waals surface area contributed by atoms with Crippen molar-refractivity contribution in [3.05, 3.63) is 29.3 Å². The number of nitrogens with one attached hydrogen (secondary N) is 1. The summed E-state index contributed by atoms with van der Waals surface area (Å²) in [4.78, 5) is 24.0. The van der Waals surface area contributed by atoms with Crippen molar-refractivity contribution < 1.29 is 24.0 Å². The van der Waals surface area contributed by atoms with E-state index in [0.717, 1.165) is 12.0 Å². The molecule has 2 N–H and O–H groups in total. The van der Waals surface area contributed by atoms with E-state index in [1.165, 1.54) is 0 Å². The summed E-state index contributed by atoms with van der Waals surface area (Å²) < 4.78 is 10.8. The molecule has 1 heterocycles. The van der Waals surface area contributed by atoms with Crippen LogP contribution in [0.15, 0.2) is 18.2 Å². The zero-order valence-electron chi connectivity index (χ0n) is 14.4. The highest BCUT2D eigenvalue weighted by molar-refractivity contribution is 6.47. The van der Waals surface area contributed by atoms with Crippen LogP contribution in [-0.2, 0) is 16.0 Å². The summed E-state index contributed by atoms with van der Waals surface area (Å²) in [6.45, 7) is 6.15.